The average Bonchev–Trinajstić information content (AvgIpc) is 2.56. The third kappa shape index (κ3) is 1.50. The van der Waals surface area contributed by atoms with Crippen molar-refractivity contribution in [2.24, 2.45) is 0 Å². The highest BCUT2D eigenvalue weighted by Gasteiger charge is 2.13. The molecule has 0 aromatic carbocycles. The van der Waals surface area contributed by atoms with Gasteiger partial charge in [0.2, 0.25) is 0 Å². The number of aromatic carboxylic acids is 1. The fraction of sp³-hybridized carbons (Fsp3) is 0.273. The lowest BCUT2D eigenvalue weighted by Crippen LogP contribution is -2.01. The molecule has 0 saturated carbocycles. The molecule has 5 nitrogen and oxygen atoms in total. The molecule has 0 aliphatic carbocycles. The number of carboxylic acid groups (broad SMARTS) is 1. The highest BCUT2D eigenvalue weighted by atomic mass is 16.4. The zero-order valence-electron chi connectivity index (χ0n) is 9.14. The molecule has 2 aromatic heterocycles. The molecule has 0 saturated heterocycles. The number of carboxylic acids is 1. The predicted octanol–water partition coefficient (Wildman–Crippen LogP) is 1.74. The van der Waals surface area contributed by atoms with Crippen molar-refractivity contribution >= 4 is 17.4 Å². The minimum Gasteiger partial charge on any atom is -0.478 e. The van der Waals surface area contributed by atoms with Crippen LogP contribution in [-0.4, -0.2) is 20.5 Å². The highest BCUT2D eigenvalue weighted by molar-refractivity contribution is 5.87. The van der Waals surface area contributed by atoms with Gasteiger partial charge in [0.25, 0.3) is 0 Å². The Morgan fingerprint density at radius 1 is 1.50 bits per heavy atom. The number of nitrogen functional groups attached to an aromatic ring is 1. The fourth-order valence-electron chi connectivity index (χ4n) is 1.63. The van der Waals surface area contributed by atoms with Gasteiger partial charge in [0.05, 0.1) is 11.3 Å². The van der Waals surface area contributed by atoms with Gasteiger partial charge in [-0.05, 0) is 18.1 Å². The van der Waals surface area contributed by atoms with Gasteiger partial charge in [0.1, 0.15) is 11.5 Å². The lowest BCUT2D eigenvalue weighted by molar-refractivity contribution is 0.0696. The van der Waals surface area contributed by atoms with Crippen LogP contribution in [0.3, 0.4) is 0 Å². The van der Waals surface area contributed by atoms with E-state index < -0.39 is 5.97 Å². The second kappa shape index (κ2) is 3.52. The number of fused-ring (bicyclic) bond motifs is 1. The van der Waals surface area contributed by atoms with Crippen LogP contribution >= 0.6 is 0 Å². The predicted molar refractivity (Wildman–Crippen MR) is 60.7 cm³/mol. The van der Waals surface area contributed by atoms with Gasteiger partial charge >= 0.3 is 5.97 Å². The summed E-state index contributed by atoms with van der Waals surface area (Å²) in [5, 5.41) is 8.88. The minimum absolute atomic E-state index is 0.201. The maximum Gasteiger partial charge on any atom is 0.337 e. The molecule has 0 fully saturated rings. The molecule has 2 aromatic rings. The van der Waals surface area contributed by atoms with Crippen molar-refractivity contribution in [3.05, 3.63) is 29.6 Å². The number of anilines is 1. The Morgan fingerprint density at radius 2 is 2.19 bits per heavy atom. The quantitative estimate of drug-likeness (QED) is 0.806. The molecular formula is C11H13N3O2. The SMILES string of the molecule is CC(C)c1nc2ccc(C(=O)O)cn2c1N. The number of hydrogen-bond donors (Lipinski definition) is 2. The van der Waals surface area contributed by atoms with E-state index in [0.717, 1.165) is 5.69 Å². The van der Waals surface area contributed by atoms with Crippen LogP contribution in [0.5, 0.6) is 0 Å². The summed E-state index contributed by atoms with van der Waals surface area (Å²) in [5.74, 6) is -0.248. The molecule has 0 aliphatic rings. The average molecular weight is 219 g/mol. The van der Waals surface area contributed by atoms with Gasteiger partial charge in [0, 0.05) is 6.20 Å². The number of carbonyl (C=O) groups is 1. The van der Waals surface area contributed by atoms with Crippen molar-refractivity contribution in [2.45, 2.75) is 19.8 Å². The van der Waals surface area contributed by atoms with Crippen LogP contribution in [0.2, 0.25) is 0 Å². The number of pyridine rings is 1. The molecule has 5 heteroatoms. The molecule has 0 unspecified atom stereocenters. The molecule has 2 rings (SSSR count). The van der Waals surface area contributed by atoms with Crippen molar-refractivity contribution in [1.82, 2.24) is 9.38 Å². The maximum absolute atomic E-state index is 10.8. The van der Waals surface area contributed by atoms with E-state index in [1.54, 1.807) is 10.5 Å². The molecule has 0 atom stereocenters. The van der Waals surface area contributed by atoms with Gasteiger partial charge < -0.3 is 10.8 Å². The van der Waals surface area contributed by atoms with Gasteiger partial charge in [0.15, 0.2) is 0 Å². The largest absolute Gasteiger partial charge is 0.478 e. The Balaban J connectivity index is 2.69. The first-order chi connectivity index (χ1) is 7.50. The van der Waals surface area contributed by atoms with Gasteiger partial charge in [-0.2, -0.15) is 0 Å². The lowest BCUT2D eigenvalue weighted by atomic mass is 10.1. The molecule has 0 spiro atoms. The smallest absolute Gasteiger partial charge is 0.337 e. The Labute approximate surface area is 92.5 Å². The van der Waals surface area contributed by atoms with Crippen LogP contribution < -0.4 is 5.73 Å². The van der Waals surface area contributed by atoms with Crippen molar-refractivity contribution in [1.29, 1.82) is 0 Å². The van der Waals surface area contributed by atoms with E-state index in [4.69, 9.17) is 10.8 Å². The van der Waals surface area contributed by atoms with E-state index in [2.05, 4.69) is 4.98 Å². The number of imidazole rings is 1. The van der Waals surface area contributed by atoms with Gasteiger partial charge in [-0.25, -0.2) is 9.78 Å². The first kappa shape index (κ1) is 10.5. The van der Waals surface area contributed by atoms with Crippen LogP contribution in [-0.2, 0) is 0 Å². The molecule has 0 aliphatic heterocycles. The number of rotatable bonds is 2. The fourth-order valence-corrected chi connectivity index (χ4v) is 1.63. The Bertz CT molecular complexity index is 558. The third-order valence-corrected chi connectivity index (χ3v) is 2.48. The summed E-state index contributed by atoms with van der Waals surface area (Å²) >= 11 is 0. The van der Waals surface area contributed by atoms with Crippen LogP contribution in [0.4, 0.5) is 5.82 Å². The standard InChI is InChI=1S/C11H13N3O2/c1-6(2)9-10(12)14-5-7(11(15)16)3-4-8(14)13-9/h3-6H,12H2,1-2H3,(H,15,16). The molecule has 3 N–H and O–H groups in total. The zero-order chi connectivity index (χ0) is 11.9. The molecule has 0 amide bonds. The van der Waals surface area contributed by atoms with E-state index in [9.17, 15) is 4.79 Å². The number of nitrogens with zero attached hydrogens (tertiary/aromatic N) is 2. The summed E-state index contributed by atoms with van der Waals surface area (Å²) in [6.45, 7) is 3.99. The van der Waals surface area contributed by atoms with Gasteiger partial charge in [-0.3, -0.25) is 4.40 Å². The first-order valence-electron chi connectivity index (χ1n) is 5.01. The van der Waals surface area contributed by atoms with Crippen LogP contribution in [0, 0.1) is 0 Å². The van der Waals surface area contributed by atoms with Crippen molar-refractivity contribution in [3.63, 3.8) is 0 Å². The number of nitrogens with two attached hydrogens (primary N) is 1. The summed E-state index contributed by atoms with van der Waals surface area (Å²) in [6.07, 6.45) is 1.49. The lowest BCUT2D eigenvalue weighted by Gasteiger charge is -2.01. The van der Waals surface area contributed by atoms with E-state index in [1.165, 1.54) is 12.3 Å². The van der Waals surface area contributed by atoms with Gasteiger partial charge in [-0.15, -0.1) is 0 Å². The second-order valence-corrected chi connectivity index (χ2v) is 3.99. The molecule has 0 bridgehead atoms. The Morgan fingerprint density at radius 3 is 2.75 bits per heavy atom. The molecule has 0 radical (unpaired) electrons. The Hall–Kier alpha value is -2.04. The molecule has 16 heavy (non-hydrogen) atoms. The third-order valence-electron chi connectivity index (χ3n) is 2.48. The summed E-state index contributed by atoms with van der Waals surface area (Å²) in [4.78, 5) is 15.2. The van der Waals surface area contributed by atoms with Crippen LogP contribution in [0.1, 0.15) is 35.8 Å². The Kier molecular flexibility index (Phi) is 2.30. The highest BCUT2D eigenvalue weighted by Crippen LogP contribution is 2.22. The van der Waals surface area contributed by atoms with E-state index in [1.807, 2.05) is 13.8 Å². The van der Waals surface area contributed by atoms with Crippen molar-refractivity contribution < 1.29 is 9.90 Å². The van der Waals surface area contributed by atoms with E-state index in [0.29, 0.717) is 11.5 Å². The monoisotopic (exact) mass is 219 g/mol. The summed E-state index contributed by atoms with van der Waals surface area (Å²) < 4.78 is 1.61. The maximum atomic E-state index is 10.8. The van der Waals surface area contributed by atoms with E-state index >= 15 is 0 Å². The number of hydrogen-bond acceptors (Lipinski definition) is 3. The zero-order valence-corrected chi connectivity index (χ0v) is 9.14. The summed E-state index contributed by atoms with van der Waals surface area (Å²) in [6, 6.07) is 3.18. The molecule has 84 valence electrons. The van der Waals surface area contributed by atoms with Crippen molar-refractivity contribution in [3.8, 4) is 0 Å². The normalized spacial score (nSPS) is 11.2. The minimum atomic E-state index is -0.971. The molecular weight excluding hydrogens is 206 g/mol. The van der Waals surface area contributed by atoms with Crippen LogP contribution in [0.15, 0.2) is 18.3 Å². The molecule has 2 heterocycles. The van der Waals surface area contributed by atoms with Crippen molar-refractivity contribution in [2.75, 3.05) is 5.73 Å². The topological polar surface area (TPSA) is 80.6 Å². The number of aromatic nitrogens is 2. The van der Waals surface area contributed by atoms with Gasteiger partial charge in [-0.1, -0.05) is 13.8 Å². The van der Waals surface area contributed by atoms with Crippen LogP contribution in [0.25, 0.3) is 5.65 Å². The first-order valence-corrected chi connectivity index (χ1v) is 5.01. The summed E-state index contributed by atoms with van der Waals surface area (Å²) in [7, 11) is 0. The summed E-state index contributed by atoms with van der Waals surface area (Å²) in [5.41, 5.74) is 7.58. The van der Waals surface area contributed by atoms with E-state index in [-0.39, 0.29) is 11.5 Å². The second-order valence-electron chi connectivity index (χ2n) is 3.99.